The fourth-order valence-corrected chi connectivity index (χ4v) is 2.41. The van der Waals surface area contributed by atoms with E-state index in [4.69, 9.17) is 5.73 Å². The van der Waals surface area contributed by atoms with E-state index in [1.165, 1.54) is 18.9 Å². The van der Waals surface area contributed by atoms with E-state index >= 15 is 0 Å². The van der Waals surface area contributed by atoms with E-state index in [0.29, 0.717) is 17.5 Å². The third-order valence-corrected chi connectivity index (χ3v) is 3.64. The summed E-state index contributed by atoms with van der Waals surface area (Å²) in [7, 11) is 0. The highest BCUT2D eigenvalue weighted by atomic mass is 19.1. The third kappa shape index (κ3) is 3.43. The average Bonchev–Trinajstić information content (AvgIpc) is 2.33. The van der Waals surface area contributed by atoms with Crippen LogP contribution in [-0.2, 0) is 0 Å². The van der Waals surface area contributed by atoms with Crippen LogP contribution in [0.4, 0.5) is 10.1 Å². The molecule has 3 N–H and O–H groups in total. The lowest BCUT2D eigenvalue weighted by molar-refractivity contribution is 0.339. The maximum Gasteiger partial charge on any atom is 0.126 e. The van der Waals surface area contributed by atoms with Crippen LogP contribution in [0.3, 0.4) is 0 Å². The minimum atomic E-state index is -0.140. The van der Waals surface area contributed by atoms with Gasteiger partial charge in [0.2, 0.25) is 0 Å². The van der Waals surface area contributed by atoms with Crippen molar-refractivity contribution >= 4 is 5.69 Å². The van der Waals surface area contributed by atoms with E-state index in [0.717, 1.165) is 25.1 Å². The zero-order chi connectivity index (χ0) is 12.3. The van der Waals surface area contributed by atoms with Crippen molar-refractivity contribution in [2.24, 2.45) is 11.7 Å². The van der Waals surface area contributed by atoms with Crippen molar-refractivity contribution in [1.82, 2.24) is 0 Å². The first kappa shape index (κ1) is 12.4. The van der Waals surface area contributed by atoms with Gasteiger partial charge in [0.05, 0.1) is 0 Å². The molecule has 0 amide bonds. The van der Waals surface area contributed by atoms with Crippen LogP contribution in [0.2, 0.25) is 0 Å². The molecule has 0 heterocycles. The summed E-state index contributed by atoms with van der Waals surface area (Å²) in [5.41, 5.74) is 7.59. The largest absolute Gasteiger partial charge is 0.385 e. The fourth-order valence-electron chi connectivity index (χ4n) is 2.41. The molecule has 94 valence electrons. The molecule has 1 aromatic rings. The number of nitrogens with two attached hydrogens (primary N) is 1. The molecule has 1 saturated carbocycles. The standard InChI is InChI=1S/C14H21FN2/c1-10-8-13(6-7-14(10)15)17-9-11-2-4-12(16)5-3-11/h6-8,11-12,17H,2-5,9,16H2,1H3. The molecule has 0 bridgehead atoms. The lowest BCUT2D eigenvalue weighted by atomic mass is 9.86. The SMILES string of the molecule is Cc1cc(NCC2CCC(N)CC2)ccc1F. The van der Waals surface area contributed by atoms with Crippen LogP contribution in [0.5, 0.6) is 0 Å². The Morgan fingerprint density at radius 3 is 2.65 bits per heavy atom. The van der Waals surface area contributed by atoms with E-state index in [1.807, 2.05) is 6.07 Å². The zero-order valence-corrected chi connectivity index (χ0v) is 10.4. The molecule has 2 rings (SSSR count). The number of halogens is 1. The van der Waals surface area contributed by atoms with Crippen LogP contribution in [0.15, 0.2) is 18.2 Å². The Labute approximate surface area is 102 Å². The van der Waals surface area contributed by atoms with Crippen molar-refractivity contribution in [3.8, 4) is 0 Å². The number of hydrogen-bond donors (Lipinski definition) is 2. The Hall–Kier alpha value is -1.09. The van der Waals surface area contributed by atoms with E-state index < -0.39 is 0 Å². The Bertz CT molecular complexity index is 370. The van der Waals surface area contributed by atoms with Gasteiger partial charge in [-0.1, -0.05) is 0 Å². The lowest BCUT2D eigenvalue weighted by Gasteiger charge is -2.26. The first-order chi connectivity index (χ1) is 8.15. The normalized spacial score (nSPS) is 24.6. The number of benzene rings is 1. The van der Waals surface area contributed by atoms with Crippen LogP contribution in [0, 0.1) is 18.7 Å². The predicted octanol–water partition coefficient (Wildman–Crippen LogP) is 3.06. The van der Waals surface area contributed by atoms with Crippen LogP contribution >= 0.6 is 0 Å². The predicted molar refractivity (Wildman–Crippen MR) is 69.6 cm³/mol. The number of anilines is 1. The van der Waals surface area contributed by atoms with Gasteiger partial charge in [-0.25, -0.2) is 4.39 Å². The highest BCUT2D eigenvalue weighted by molar-refractivity contribution is 5.45. The molecule has 0 radical (unpaired) electrons. The molecule has 17 heavy (non-hydrogen) atoms. The number of aryl methyl sites for hydroxylation is 1. The van der Waals surface area contributed by atoms with Gasteiger partial charge in [-0.2, -0.15) is 0 Å². The summed E-state index contributed by atoms with van der Waals surface area (Å²) in [6.07, 6.45) is 4.67. The monoisotopic (exact) mass is 236 g/mol. The summed E-state index contributed by atoms with van der Waals surface area (Å²) >= 11 is 0. The minimum absolute atomic E-state index is 0.140. The second kappa shape index (κ2) is 5.50. The molecule has 1 aliphatic rings. The molecule has 1 aliphatic carbocycles. The van der Waals surface area contributed by atoms with Gasteiger partial charge in [0.15, 0.2) is 0 Å². The second-order valence-electron chi connectivity index (χ2n) is 5.13. The van der Waals surface area contributed by atoms with Crippen LogP contribution in [-0.4, -0.2) is 12.6 Å². The Morgan fingerprint density at radius 2 is 2.00 bits per heavy atom. The van der Waals surface area contributed by atoms with Gasteiger partial charge in [-0.3, -0.25) is 0 Å². The Kier molecular flexibility index (Phi) is 4.00. The molecule has 0 saturated heterocycles. The van der Waals surface area contributed by atoms with Crippen LogP contribution in [0.25, 0.3) is 0 Å². The van der Waals surface area contributed by atoms with E-state index in [1.54, 1.807) is 13.0 Å². The first-order valence-electron chi connectivity index (χ1n) is 6.41. The second-order valence-corrected chi connectivity index (χ2v) is 5.13. The number of rotatable bonds is 3. The Balaban J connectivity index is 1.83. The summed E-state index contributed by atoms with van der Waals surface area (Å²) in [5, 5.41) is 3.39. The van der Waals surface area contributed by atoms with Gasteiger partial charge in [-0.05, 0) is 62.3 Å². The lowest BCUT2D eigenvalue weighted by Crippen LogP contribution is -2.29. The van der Waals surface area contributed by atoms with Crippen molar-refractivity contribution in [3.63, 3.8) is 0 Å². The number of nitrogens with one attached hydrogen (secondary N) is 1. The highest BCUT2D eigenvalue weighted by Gasteiger charge is 2.18. The van der Waals surface area contributed by atoms with Gasteiger partial charge < -0.3 is 11.1 Å². The van der Waals surface area contributed by atoms with Gasteiger partial charge in [0, 0.05) is 18.3 Å². The quantitative estimate of drug-likeness (QED) is 0.846. The van der Waals surface area contributed by atoms with E-state index in [2.05, 4.69) is 5.32 Å². The van der Waals surface area contributed by atoms with Crippen molar-refractivity contribution in [3.05, 3.63) is 29.6 Å². The molecule has 3 heteroatoms. The summed E-state index contributed by atoms with van der Waals surface area (Å²) < 4.78 is 13.1. The molecule has 0 spiro atoms. The zero-order valence-electron chi connectivity index (χ0n) is 10.4. The molecule has 0 atom stereocenters. The first-order valence-corrected chi connectivity index (χ1v) is 6.41. The molecule has 0 unspecified atom stereocenters. The summed E-state index contributed by atoms with van der Waals surface area (Å²) in [6.45, 7) is 2.76. The molecule has 1 aromatic carbocycles. The van der Waals surface area contributed by atoms with Crippen LogP contribution < -0.4 is 11.1 Å². The van der Waals surface area contributed by atoms with Crippen molar-refractivity contribution in [1.29, 1.82) is 0 Å². The molecular weight excluding hydrogens is 215 g/mol. The molecule has 0 aromatic heterocycles. The van der Waals surface area contributed by atoms with Gasteiger partial charge >= 0.3 is 0 Å². The van der Waals surface area contributed by atoms with Gasteiger partial charge in [-0.15, -0.1) is 0 Å². The molecule has 2 nitrogen and oxygen atoms in total. The van der Waals surface area contributed by atoms with E-state index in [-0.39, 0.29) is 5.82 Å². The molecule has 0 aliphatic heterocycles. The third-order valence-electron chi connectivity index (χ3n) is 3.64. The highest BCUT2D eigenvalue weighted by Crippen LogP contribution is 2.24. The minimum Gasteiger partial charge on any atom is -0.385 e. The average molecular weight is 236 g/mol. The van der Waals surface area contributed by atoms with Gasteiger partial charge in [0.1, 0.15) is 5.82 Å². The van der Waals surface area contributed by atoms with Crippen molar-refractivity contribution < 1.29 is 4.39 Å². The topological polar surface area (TPSA) is 38.0 Å². The van der Waals surface area contributed by atoms with Crippen molar-refractivity contribution in [2.75, 3.05) is 11.9 Å². The summed E-state index contributed by atoms with van der Waals surface area (Å²) in [4.78, 5) is 0. The summed E-state index contributed by atoms with van der Waals surface area (Å²) in [5.74, 6) is 0.569. The number of hydrogen-bond acceptors (Lipinski definition) is 2. The maximum atomic E-state index is 13.1. The fraction of sp³-hybridized carbons (Fsp3) is 0.571. The van der Waals surface area contributed by atoms with Crippen molar-refractivity contribution in [2.45, 2.75) is 38.6 Å². The van der Waals surface area contributed by atoms with Gasteiger partial charge in [0.25, 0.3) is 0 Å². The smallest absolute Gasteiger partial charge is 0.126 e. The van der Waals surface area contributed by atoms with E-state index in [9.17, 15) is 4.39 Å². The summed E-state index contributed by atoms with van der Waals surface area (Å²) in [6, 6.07) is 5.59. The maximum absolute atomic E-state index is 13.1. The van der Waals surface area contributed by atoms with Crippen LogP contribution in [0.1, 0.15) is 31.2 Å². The molecular formula is C14H21FN2. The Morgan fingerprint density at radius 1 is 1.29 bits per heavy atom. The molecule has 1 fully saturated rings.